The van der Waals surface area contributed by atoms with E-state index in [0.29, 0.717) is 24.6 Å². The Kier molecular flexibility index (Phi) is 5.78. The molecule has 0 saturated carbocycles. The van der Waals surface area contributed by atoms with E-state index in [1.165, 1.54) is 23.5 Å². The third-order valence-electron chi connectivity index (χ3n) is 4.35. The Labute approximate surface area is 151 Å². The molecule has 0 atom stereocenters. The molecule has 25 heavy (non-hydrogen) atoms. The minimum atomic E-state index is -0.278. The van der Waals surface area contributed by atoms with Crippen LogP contribution in [0, 0.1) is 12.7 Å². The molecule has 0 spiro atoms. The number of aromatic nitrogens is 1. The summed E-state index contributed by atoms with van der Waals surface area (Å²) in [5, 5.41) is 0.750. The molecule has 1 aliphatic rings. The molecule has 0 radical (unpaired) electrons. The lowest BCUT2D eigenvalue weighted by atomic mass is 10.2. The quantitative estimate of drug-likeness (QED) is 0.819. The molecule has 134 valence electrons. The molecule has 5 nitrogen and oxygen atoms in total. The number of hydrogen-bond acceptors (Lipinski definition) is 5. The molecule has 1 saturated heterocycles. The summed E-state index contributed by atoms with van der Waals surface area (Å²) < 4.78 is 18.2. The summed E-state index contributed by atoms with van der Waals surface area (Å²) in [6, 6.07) is 6.20. The van der Waals surface area contributed by atoms with Gasteiger partial charge >= 0.3 is 0 Å². The summed E-state index contributed by atoms with van der Waals surface area (Å²) in [5.41, 5.74) is 1.56. The molecule has 3 rings (SSSR count). The molecule has 2 heterocycles. The smallest absolute Gasteiger partial charge is 0.265 e. The summed E-state index contributed by atoms with van der Waals surface area (Å²) in [4.78, 5) is 22.2. The van der Waals surface area contributed by atoms with E-state index in [1.807, 2.05) is 11.8 Å². The van der Waals surface area contributed by atoms with Crippen molar-refractivity contribution in [1.29, 1.82) is 0 Å². The Balaban J connectivity index is 1.68. The minimum absolute atomic E-state index is 0.0368. The van der Waals surface area contributed by atoms with E-state index >= 15 is 0 Å². The summed E-state index contributed by atoms with van der Waals surface area (Å²) in [6.45, 7) is 6.61. The maximum Gasteiger partial charge on any atom is 0.265 e. The van der Waals surface area contributed by atoms with Gasteiger partial charge in [-0.25, -0.2) is 9.37 Å². The predicted molar refractivity (Wildman–Crippen MR) is 96.5 cm³/mol. The molecular weight excluding hydrogens is 341 g/mol. The number of methoxy groups -OCH3 is 1. The van der Waals surface area contributed by atoms with Gasteiger partial charge in [-0.1, -0.05) is 0 Å². The Bertz CT molecular complexity index is 724. The number of benzene rings is 1. The standard InChI is InChI=1S/C18H22FN3O2S/c1-13-16(25-17(20-13)14-3-5-15(19)6-4-14)18(23)22-9-7-21(8-10-22)11-12-24-2/h3-6H,7-12H2,1-2H3. The molecule has 1 amide bonds. The second-order valence-corrected chi connectivity index (χ2v) is 7.07. The maximum absolute atomic E-state index is 13.1. The summed E-state index contributed by atoms with van der Waals surface area (Å²) in [7, 11) is 1.70. The van der Waals surface area contributed by atoms with Crippen LogP contribution in [0.3, 0.4) is 0 Å². The van der Waals surface area contributed by atoms with Crippen molar-refractivity contribution in [2.24, 2.45) is 0 Å². The lowest BCUT2D eigenvalue weighted by Gasteiger charge is -2.34. The number of hydrogen-bond donors (Lipinski definition) is 0. The zero-order valence-corrected chi connectivity index (χ0v) is 15.3. The third kappa shape index (κ3) is 4.23. The van der Waals surface area contributed by atoms with E-state index in [9.17, 15) is 9.18 Å². The molecule has 0 aliphatic carbocycles. The van der Waals surface area contributed by atoms with Crippen LogP contribution in [-0.4, -0.2) is 67.1 Å². The van der Waals surface area contributed by atoms with Crippen molar-refractivity contribution >= 4 is 17.2 Å². The van der Waals surface area contributed by atoms with Crippen molar-refractivity contribution in [3.05, 3.63) is 40.7 Å². The highest BCUT2D eigenvalue weighted by Gasteiger charge is 2.25. The number of ether oxygens (including phenoxy) is 1. The fraction of sp³-hybridized carbons (Fsp3) is 0.444. The first kappa shape index (κ1) is 18.0. The summed E-state index contributed by atoms with van der Waals surface area (Å²) >= 11 is 1.38. The normalized spacial score (nSPS) is 15.6. The molecule has 1 aromatic heterocycles. The van der Waals surface area contributed by atoms with Crippen LogP contribution in [0.25, 0.3) is 10.6 Å². The number of carbonyl (C=O) groups excluding carboxylic acids is 1. The van der Waals surface area contributed by atoms with Crippen molar-refractivity contribution < 1.29 is 13.9 Å². The number of aryl methyl sites for hydroxylation is 1. The highest BCUT2D eigenvalue weighted by Crippen LogP contribution is 2.29. The highest BCUT2D eigenvalue weighted by atomic mass is 32.1. The number of carbonyl (C=O) groups is 1. The molecule has 7 heteroatoms. The van der Waals surface area contributed by atoms with E-state index in [2.05, 4.69) is 9.88 Å². The number of amides is 1. The van der Waals surface area contributed by atoms with Crippen LogP contribution < -0.4 is 0 Å². The topological polar surface area (TPSA) is 45.7 Å². The molecule has 1 aliphatic heterocycles. The van der Waals surface area contributed by atoms with Crippen LogP contribution >= 0.6 is 11.3 Å². The Morgan fingerprint density at radius 1 is 1.24 bits per heavy atom. The third-order valence-corrected chi connectivity index (χ3v) is 5.55. The van der Waals surface area contributed by atoms with Gasteiger partial charge in [-0.05, 0) is 31.2 Å². The van der Waals surface area contributed by atoms with Gasteiger partial charge in [-0.15, -0.1) is 11.3 Å². The fourth-order valence-corrected chi connectivity index (χ4v) is 3.89. The zero-order valence-electron chi connectivity index (χ0n) is 14.5. The number of nitrogens with zero attached hydrogens (tertiary/aromatic N) is 3. The summed E-state index contributed by atoms with van der Waals surface area (Å²) in [5.74, 6) is -0.241. The van der Waals surface area contributed by atoms with Crippen LogP contribution in [0.2, 0.25) is 0 Å². The van der Waals surface area contributed by atoms with Crippen LogP contribution in [-0.2, 0) is 4.74 Å². The maximum atomic E-state index is 13.1. The average Bonchev–Trinajstić information content (AvgIpc) is 3.02. The van der Waals surface area contributed by atoms with Crippen molar-refractivity contribution in [3.8, 4) is 10.6 Å². The SMILES string of the molecule is COCCN1CCN(C(=O)c2sc(-c3ccc(F)cc3)nc2C)CC1. The molecule has 0 unspecified atom stereocenters. The van der Waals surface area contributed by atoms with Gasteiger partial charge in [0.25, 0.3) is 5.91 Å². The number of halogens is 1. The van der Waals surface area contributed by atoms with Gasteiger partial charge in [0.1, 0.15) is 15.7 Å². The van der Waals surface area contributed by atoms with E-state index in [1.54, 1.807) is 19.2 Å². The van der Waals surface area contributed by atoms with Gasteiger partial charge in [-0.2, -0.15) is 0 Å². The first-order valence-corrected chi connectivity index (χ1v) is 9.14. The number of piperazine rings is 1. The van der Waals surface area contributed by atoms with Crippen molar-refractivity contribution in [1.82, 2.24) is 14.8 Å². The molecule has 0 bridgehead atoms. The largest absolute Gasteiger partial charge is 0.383 e. The van der Waals surface area contributed by atoms with E-state index in [-0.39, 0.29) is 11.7 Å². The lowest BCUT2D eigenvalue weighted by Crippen LogP contribution is -2.49. The zero-order chi connectivity index (χ0) is 17.8. The summed E-state index contributed by atoms with van der Waals surface area (Å²) in [6.07, 6.45) is 0. The van der Waals surface area contributed by atoms with Gasteiger partial charge in [0.2, 0.25) is 0 Å². The molecule has 1 aromatic carbocycles. The Hall–Kier alpha value is -1.83. The molecule has 2 aromatic rings. The van der Waals surface area contributed by atoms with E-state index in [4.69, 9.17) is 4.74 Å². The first-order valence-electron chi connectivity index (χ1n) is 8.32. The van der Waals surface area contributed by atoms with Gasteiger partial charge in [0.15, 0.2) is 0 Å². The predicted octanol–water partition coefficient (Wildman–Crippen LogP) is 2.66. The Morgan fingerprint density at radius 3 is 2.56 bits per heavy atom. The van der Waals surface area contributed by atoms with Crippen LogP contribution in [0.4, 0.5) is 4.39 Å². The Morgan fingerprint density at radius 2 is 1.92 bits per heavy atom. The van der Waals surface area contributed by atoms with Gasteiger partial charge in [0.05, 0.1) is 12.3 Å². The van der Waals surface area contributed by atoms with Crippen molar-refractivity contribution in [2.45, 2.75) is 6.92 Å². The van der Waals surface area contributed by atoms with Crippen LogP contribution in [0.1, 0.15) is 15.4 Å². The van der Waals surface area contributed by atoms with E-state index in [0.717, 1.165) is 35.9 Å². The number of thiazole rings is 1. The van der Waals surface area contributed by atoms with E-state index < -0.39 is 0 Å². The average molecular weight is 363 g/mol. The first-order chi connectivity index (χ1) is 12.1. The van der Waals surface area contributed by atoms with Crippen LogP contribution in [0.15, 0.2) is 24.3 Å². The van der Waals surface area contributed by atoms with Gasteiger partial charge < -0.3 is 9.64 Å². The molecule has 0 N–H and O–H groups in total. The lowest BCUT2D eigenvalue weighted by molar-refractivity contribution is 0.0598. The second kappa shape index (κ2) is 8.03. The molecule has 1 fully saturated rings. The van der Waals surface area contributed by atoms with Crippen LogP contribution in [0.5, 0.6) is 0 Å². The highest BCUT2D eigenvalue weighted by molar-refractivity contribution is 7.17. The van der Waals surface area contributed by atoms with Crippen molar-refractivity contribution in [2.75, 3.05) is 46.4 Å². The van der Waals surface area contributed by atoms with Gasteiger partial charge in [-0.3, -0.25) is 9.69 Å². The minimum Gasteiger partial charge on any atom is -0.383 e. The van der Waals surface area contributed by atoms with Crippen molar-refractivity contribution in [3.63, 3.8) is 0 Å². The second-order valence-electron chi connectivity index (χ2n) is 6.07. The molecular formula is C18H22FN3O2S. The van der Waals surface area contributed by atoms with Gasteiger partial charge in [0, 0.05) is 45.4 Å². The fourth-order valence-electron chi connectivity index (χ4n) is 2.85. The monoisotopic (exact) mass is 363 g/mol. The number of rotatable bonds is 5.